The van der Waals surface area contributed by atoms with Gasteiger partial charge in [0.15, 0.2) is 0 Å². The standard InChI is InChI=1S/C13H15N3OS/c1-2-16(13(17)12-8-18-9-15-12)7-10-4-3-5-11(14)6-10/h3-6,8-9H,2,7,14H2,1H3. The fourth-order valence-electron chi connectivity index (χ4n) is 1.72. The second-order valence-electron chi connectivity index (χ2n) is 3.94. The van der Waals surface area contributed by atoms with Crippen molar-refractivity contribution >= 4 is 22.9 Å². The van der Waals surface area contributed by atoms with Crippen molar-refractivity contribution < 1.29 is 4.79 Å². The number of aromatic nitrogens is 1. The van der Waals surface area contributed by atoms with Crippen molar-refractivity contribution in [3.63, 3.8) is 0 Å². The van der Waals surface area contributed by atoms with Crippen LogP contribution >= 0.6 is 11.3 Å². The number of amides is 1. The third-order valence-electron chi connectivity index (χ3n) is 2.64. The summed E-state index contributed by atoms with van der Waals surface area (Å²) in [5.41, 5.74) is 9.65. The Balaban J connectivity index is 2.12. The molecule has 0 aliphatic carbocycles. The third-order valence-corrected chi connectivity index (χ3v) is 3.23. The molecule has 2 rings (SSSR count). The monoisotopic (exact) mass is 261 g/mol. The van der Waals surface area contributed by atoms with Crippen molar-refractivity contribution in [1.29, 1.82) is 0 Å². The fraction of sp³-hybridized carbons (Fsp3) is 0.231. The van der Waals surface area contributed by atoms with Gasteiger partial charge in [0, 0.05) is 24.2 Å². The Morgan fingerprint density at radius 1 is 1.50 bits per heavy atom. The Labute approximate surface area is 110 Å². The zero-order valence-corrected chi connectivity index (χ0v) is 11.0. The number of hydrogen-bond acceptors (Lipinski definition) is 4. The van der Waals surface area contributed by atoms with E-state index in [-0.39, 0.29) is 5.91 Å². The molecule has 5 heteroatoms. The zero-order valence-electron chi connectivity index (χ0n) is 10.2. The number of nitrogens with two attached hydrogens (primary N) is 1. The van der Waals surface area contributed by atoms with Crippen molar-refractivity contribution in [2.45, 2.75) is 13.5 Å². The second-order valence-corrected chi connectivity index (χ2v) is 4.66. The van der Waals surface area contributed by atoms with Crippen LogP contribution in [0.2, 0.25) is 0 Å². The minimum Gasteiger partial charge on any atom is -0.399 e. The molecule has 0 fully saturated rings. The summed E-state index contributed by atoms with van der Waals surface area (Å²) in [5.74, 6) is -0.0406. The lowest BCUT2D eigenvalue weighted by Gasteiger charge is -2.20. The summed E-state index contributed by atoms with van der Waals surface area (Å²) in [7, 11) is 0. The first kappa shape index (κ1) is 12.6. The summed E-state index contributed by atoms with van der Waals surface area (Å²) in [6, 6.07) is 7.58. The lowest BCUT2D eigenvalue weighted by atomic mass is 10.2. The Bertz CT molecular complexity index is 525. The van der Waals surface area contributed by atoms with Crippen LogP contribution in [-0.4, -0.2) is 22.3 Å². The number of rotatable bonds is 4. The van der Waals surface area contributed by atoms with Gasteiger partial charge >= 0.3 is 0 Å². The Morgan fingerprint density at radius 2 is 2.33 bits per heavy atom. The minimum atomic E-state index is -0.0406. The van der Waals surface area contributed by atoms with Crippen LogP contribution in [0.5, 0.6) is 0 Å². The molecule has 0 saturated heterocycles. The van der Waals surface area contributed by atoms with Gasteiger partial charge in [-0.25, -0.2) is 4.98 Å². The number of nitrogens with zero attached hydrogens (tertiary/aromatic N) is 2. The molecule has 0 saturated carbocycles. The van der Waals surface area contributed by atoms with Crippen LogP contribution in [0.4, 0.5) is 5.69 Å². The highest BCUT2D eigenvalue weighted by molar-refractivity contribution is 7.07. The van der Waals surface area contributed by atoms with Gasteiger partial charge < -0.3 is 10.6 Å². The molecule has 0 aliphatic heterocycles. The number of carbonyl (C=O) groups is 1. The van der Waals surface area contributed by atoms with Gasteiger partial charge in [-0.3, -0.25) is 4.79 Å². The van der Waals surface area contributed by atoms with Crippen LogP contribution in [0.25, 0.3) is 0 Å². The lowest BCUT2D eigenvalue weighted by molar-refractivity contribution is 0.0747. The molecule has 1 heterocycles. The van der Waals surface area contributed by atoms with Crippen LogP contribution in [0.15, 0.2) is 35.2 Å². The van der Waals surface area contributed by atoms with Crippen molar-refractivity contribution in [1.82, 2.24) is 9.88 Å². The predicted octanol–water partition coefficient (Wildman–Crippen LogP) is 2.39. The Hall–Kier alpha value is -1.88. The molecule has 94 valence electrons. The van der Waals surface area contributed by atoms with E-state index in [4.69, 9.17) is 5.73 Å². The normalized spacial score (nSPS) is 10.3. The smallest absolute Gasteiger partial charge is 0.273 e. The molecule has 0 unspecified atom stereocenters. The molecule has 1 amide bonds. The molecule has 2 aromatic rings. The van der Waals surface area contributed by atoms with Gasteiger partial charge in [-0.15, -0.1) is 11.3 Å². The molecule has 1 aromatic carbocycles. The van der Waals surface area contributed by atoms with E-state index in [0.717, 1.165) is 5.56 Å². The number of hydrogen-bond donors (Lipinski definition) is 1. The molecule has 2 N–H and O–H groups in total. The van der Waals surface area contributed by atoms with Gasteiger partial charge in [0.1, 0.15) is 5.69 Å². The highest BCUT2D eigenvalue weighted by Gasteiger charge is 2.16. The molecule has 0 spiro atoms. The van der Waals surface area contributed by atoms with E-state index in [9.17, 15) is 4.79 Å². The van der Waals surface area contributed by atoms with Gasteiger partial charge in [0.2, 0.25) is 0 Å². The average molecular weight is 261 g/mol. The van der Waals surface area contributed by atoms with Gasteiger partial charge in [0.05, 0.1) is 5.51 Å². The van der Waals surface area contributed by atoms with Crippen LogP contribution in [0.1, 0.15) is 23.0 Å². The summed E-state index contributed by atoms with van der Waals surface area (Å²) < 4.78 is 0. The zero-order chi connectivity index (χ0) is 13.0. The van der Waals surface area contributed by atoms with Crippen molar-refractivity contribution in [2.75, 3.05) is 12.3 Å². The number of carbonyl (C=O) groups excluding carboxylic acids is 1. The summed E-state index contributed by atoms with van der Waals surface area (Å²) in [5, 5.41) is 1.77. The average Bonchev–Trinajstić information content (AvgIpc) is 2.89. The maximum absolute atomic E-state index is 12.2. The topological polar surface area (TPSA) is 59.2 Å². The molecule has 0 radical (unpaired) electrons. The maximum atomic E-state index is 12.2. The molecule has 0 aliphatic rings. The summed E-state index contributed by atoms with van der Waals surface area (Å²) in [6.45, 7) is 3.15. The van der Waals surface area contributed by atoms with Gasteiger partial charge in [-0.05, 0) is 24.6 Å². The van der Waals surface area contributed by atoms with Gasteiger partial charge in [-0.1, -0.05) is 12.1 Å². The number of benzene rings is 1. The number of nitrogen functional groups attached to an aromatic ring is 1. The first-order valence-corrected chi connectivity index (χ1v) is 6.67. The minimum absolute atomic E-state index is 0.0406. The Kier molecular flexibility index (Phi) is 3.94. The van der Waals surface area contributed by atoms with Gasteiger partial charge in [0.25, 0.3) is 5.91 Å². The van der Waals surface area contributed by atoms with Crippen LogP contribution in [0.3, 0.4) is 0 Å². The molecular formula is C13H15N3OS. The summed E-state index contributed by atoms with van der Waals surface area (Å²) in [4.78, 5) is 18.0. The largest absolute Gasteiger partial charge is 0.399 e. The van der Waals surface area contributed by atoms with E-state index in [2.05, 4.69) is 4.98 Å². The highest BCUT2D eigenvalue weighted by atomic mass is 32.1. The first-order chi connectivity index (χ1) is 8.70. The van der Waals surface area contributed by atoms with E-state index in [1.54, 1.807) is 15.8 Å². The number of thiazole rings is 1. The van der Waals surface area contributed by atoms with E-state index < -0.39 is 0 Å². The molecule has 0 bridgehead atoms. The molecule has 0 atom stereocenters. The second kappa shape index (κ2) is 5.64. The van der Waals surface area contributed by atoms with E-state index in [0.29, 0.717) is 24.5 Å². The van der Waals surface area contributed by atoms with Crippen LogP contribution in [0, 0.1) is 0 Å². The lowest BCUT2D eigenvalue weighted by Crippen LogP contribution is -2.30. The van der Waals surface area contributed by atoms with E-state index in [1.807, 2.05) is 31.2 Å². The quantitative estimate of drug-likeness (QED) is 0.860. The maximum Gasteiger partial charge on any atom is 0.273 e. The molecule has 4 nitrogen and oxygen atoms in total. The van der Waals surface area contributed by atoms with Crippen molar-refractivity contribution in [3.05, 3.63) is 46.4 Å². The molecular weight excluding hydrogens is 246 g/mol. The van der Waals surface area contributed by atoms with E-state index in [1.165, 1.54) is 11.3 Å². The number of anilines is 1. The van der Waals surface area contributed by atoms with Crippen LogP contribution in [-0.2, 0) is 6.54 Å². The molecule has 18 heavy (non-hydrogen) atoms. The van der Waals surface area contributed by atoms with Crippen LogP contribution < -0.4 is 5.73 Å². The fourth-order valence-corrected chi connectivity index (χ4v) is 2.25. The SMILES string of the molecule is CCN(Cc1cccc(N)c1)C(=O)c1cscn1. The van der Waals surface area contributed by atoms with E-state index >= 15 is 0 Å². The first-order valence-electron chi connectivity index (χ1n) is 5.72. The Morgan fingerprint density at radius 3 is 2.94 bits per heavy atom. The van der Waals surface area contributed by atoms with Gasteiger partial charge in [-0.2, -0.15) is 0 Å². The predicted molar refractivity (Wildman–Crippen MR) is 73.4 cm³/mol. The van der Waals surface area contributed by atoms with Crippen molar-refractivity contribution in [3.8, 4) is 0 Å². The summed E-state index contributed by atoms with van der Waals surface area (Å²) >= 11 is 1.43. The van der Waals surface area contributed by atoms with Crippen molar-refractivity contribution in [2.24, 2.45) is 0 Å². The third kappa shape index (κ3) is 2.87. The molecule has 1 aromatic heterocycles. The summed E-state index contributed by atoms with van der Waals surface area (Å²) in [6.07, 6.45) is 0. The highest BCUT2D eigenvalue weighted by Crippen LogP contribution is 2.12.